The molecule has 3 heterocycles. The molecule has 0 saturated carbocycles. The van der Waals surface area contributed by atoms with Crippen LogP contribution in [0.4, 0.5) is 11.8 Å². The van der Waals surface area contributed by atoms with Gasteiger partial charge in [0.2, 0.25) is 5.95 Å². The van der Waals surface area contributed by atoms with Gasteiger partial charge < -0.3 is 15.2 Å². The first kappa shape index (κ1) is 20.9. The molecular formula is C22H24ClN7O. The molecule has 3 N–H and O–H groups in total. The van der Waals surface area contributed by atoms with Crippen LogP contribution in [0.15, 0.2) is 41.5 Å². The lowest BCUT2D eigenvalue weighted by molar-refractivity contribution is 0.0954. The summed E-state index contributed by atoms with van der Waals surface area (Å²) < 4.78 is 2.04. The Bertz CT molecular complexity index is 1130. The molecule has 0 spiro atoms. The van der Waals surface area contributed by atoms with Gasteiger partial charge in [-0.2, -0.15) is 10.1 Å². The molecule has 4 rings (SSSR count). The van der Waals surface area contributed by atoms with Crippen LogP contribution in [0.25, 0.3) is 5.69 Å². The first-order valence-corrected chi connectivity index (χ1v) is 10.5. The van der Waals surface area contributed by atoms with E-state index in [1.54, 1.807) is 0 Å². The highest BCUT2D eigenvalue weighted by Crippen LogP contribution is 2.26. The Kier molecular flexibility index (Phi) is 5.90. The van der Waals surface area contributed by atoms with Gasteiger partial charge in [0.25, 0.3) is 5.91 Å². The summed E-state index contributed by atoms with van der Waals surface area (Å²) in [6.07, 6.45) is 3.63. The molecule has 8 nitrogen and oxygen atoms in total. The number of nitrogens with one attached hydrogen (secondary N) is 1. The molecule has 0 bridgehead atoms. The molecule has 0 atom stereocenters. The fourth-order valence-corrected chi connectivity index (χ4v) is 4.13. The van der Waals surface area contributed by atoms with Crippen molar-refractivity contribution in [1.29, 1.82) is 0 Å². The zero-order valence-electron chi connectivity index (χ0n) is 17.5. The molecule has 1 fully saturated rings. The van der Waals surface area contributed by atoms with Crippen LogP contribution in [-0.4, -0.2) is 39.7 Å². The Morgan fingerprint density at radius 2 is 1.90 bits per heavy atom. The van der Waals surface area contributed by atoms with Crippen LogP contribution in [0.5, 0.6) is 0 Å². The lowest BCUT2D eigenvalue weighted by atomic mass is 10.2. The van der Waals surface area contributed by atoms with E-state index in [9.17, 15) is 4.79 Å². The normalized spacial score (nSPS) is 13.8. The van der Waals surface area contributed by atoms with Crippen molar-refractivity contribution in [2.75, 3.05) is 23.7 Å². The standard InChI is InChI=1S/C22H24ClN7O/c1-14-12-17(15(2)30(14)16-8-4-3-5-9-16)21(31)28-25-13-18-19(23)26-22(24)27-20(18)29-10-6-7-11-29/h3-5,8-9,12-13H,6-7,10-11H2,1-2H3,(H,28,31)(H2,24,26,27)/b25-13+. The maximum atomic E-state index is 12.8. The number of nitrogens with zero attached hydrogens (tertiary/aromatic N) is 5. The molecular weight excluding hydrogens is 414 g/mol. The van der Waals surface area contributed by atoms with Crippen LogP contribution >= 0.6 is 11.6 Å². The van der Waals surface area contributed by atoms with Crippen molar-refractivity contribution in [2.24, 2.45) is 5.10 Å². The second kappa shape index (κ2) is 8.77. The van der Waals surface area contributed by atoms with Gasteiger partial charge in [-0.25, -0.2) is 10.4 Å². The number of aromatic nitrogens is 3. The van der Waals surface area contributed by atoms with Gasteiger partial charge in [0.1, 0.15) is 11.0 Å². The number of nitrogen functional groups attached to an aromatic ring is 1. The van der Waals surface area contributed by atoms with Crippen LogP contribution in [0.3, 0.4) is 0 Å². The van der Waals surface area contributed by atoms with E-state index in [-0.39, 0.29) is 17.0 Å². The van der Waals surface area contributed by atoms with Gasteiger partial charge in [-0.3, -0.25) is 4.79 Å². The van der Waals surface area contributed by atoms with Gasteiger partial charge in [-0.05, 0) is 44.9 Å². The van der Waals surface area contributed by atoms with Gasteiger partial charge in [0.05, 0.1) is 17.3 Å². The van der Waals surface area contributed by atoms with Gasteiger partial charge in [-0.15, -0.1) is 0 Å². The van der Waals surface area contributed by atoms with Crippen LogP contribution in [-0.2, 0) is 0 Å². The number of benzene rings is 1. The molecule has 160 valence electrons. The van der Waals surface area contributed by atoms with Gasteiger partial charge in [-0.1, -0.05) is 29.8 Å². The minimum atomic E-state index is -0.304. The number of anilines is 2. The maximum Gasteiger partial charge on any atom is 0.273 e. The summed E-state index contributed by atoms with van der Waals surface area (Å²) in [6, 6.07) is 11.7. The van der Waals surface area contributed by atoms with Crippen molar-refractivity contribution in [3.8, 4) is 5.69 Å². The Morgan fingerprint density at radius 1 is 1.19 bits per heavy atom. The highest BCUT2D eigenvalue weighted by atomic mass is 35.5. The number of amides is 1. The Balaban J connectivity index is 1.56. The summed E-state index contributed by atoms with van der Waals surface area (Å²) in [5.41, 5.74) is 12.3. The van der Waals surface area contributed by atoms with Gasteiger partial charge in [0, 0.05) is 30.2 Å². The van der Waals surface area contributed by atoms with Crippen molar-refractivity contribution < 1.29 is 4.79 Å². The van der Waals surface area contributed by atoms with Crippen LogP contribution in [0.2, 0.25) is 5.15 Å². The van der Waals surface area contributed by atoms with E-state index in [2.05, 4.69) is 25.4 Å². The van der Waals surface area contributed by atoms with E-state index >= 15 is 0 Å². The number of rotatable bonds is 5. The van der Waals surface area contributed by atoms with Crippen molar-refractivity contribution in [2.45, 2.75) is 26.7 Å². The SMILES string of the molecule is Cc1cc(C(=O)N/N=C/c2c(Cl)nc(N)nc2N2CCCC2)c(C)n1-c1ccccc1. The minimum Gasteiger partial charge on any atom is -0.368 e. The molecule has 31 heavy (non-hydrogen) atoms. The molecule has 3 aromatic rings. The van der Waals surface area contributed by atoms with Gasteiger partial charge in [0.15, 0.2) is 0 Å². The zero-order chi connectivity index (χ0) is 22.0. The van der Waals surface area contributed by atoms with Crippen molar-refractivity contribution in [1.82, 2.24) is 20.0 Å². The highest BCUT2D eigenvalue weighted by Gasteiger charge is 2.21. The second-order valence-electron chi connectivity index (χ2n) is 7.46. The molecule has 1 aliphatic heterocycles. The molecule has 1 saturated heterocycles. The van der Waals surface area contributed by atoms with E-state index in [1.165, 1.54) is 6.21 Å². The Labute approximate surface area is 185 Å². The number of hydrazone groups is 1. The fourth-order valence-electron chi connectivity index (χ4n) is 3.91. The third-order valence-electron chi connectivity index (χ3n) is 5.35. The minimum absolute atomic E-state index is 0.112. The quantitative estimate of drug-likeness (QED) is 0.361. The second-order valence-corrected chi connectivity index (χ2v) is 7.82. The molecule has 1 aliphatic rings. The number of hydrogen-bond acceptors (Lipinski definition) is 6. The number of para-hydroxylation sites is 1. The average molecular weight is 438 g/mol. The van der Waals surface area contributed by atoms with E-state index < -0.39 is 0 Å². The predicted octanol–water partition coefficient (Wildman–Crippen LogP) is 3.48. The third-order valence-corrected chi connectivity index (χ3v) is 5.64. The molecule has 0 radical (unpaired) electrons. The Hall–Kier alpha value is -3.39. The smallest absolute Gasteiger partial charge is 0.273 e. The summed E-state index contributed by atoms with van der Waals surface area (Å²) in [5.74, 6) is 0.443. The predicted molar refractivity (Wildman–Crippen MR) is 123 cm³/mol. The van der Waals surface area contributed by atoms with Crippen molar-refractivity contribution in [3.63, 3.8) is 0 Å². The number of carbonyl (C=O) groups is 1. The summed E-state index contributed by atoms with van der Waals surface area (Å²) in [7, 11) is 0. The van der Waals surface area contributed by atoms with E-state index in [0.29, 0.717) is 16.9 Å². The molecule has 9 heteroatoms. The van der Waals surface area contributed by atoms with E-state index in [0.717, 1.165) is 43.0 Å². The molecule has 0 aliphatic carbocycles. The van der Waals surface area contributed by atoms with Crippen LogP contribution < -0.4 is 16.1 Å². The zero-order valence-corrected chi connectivity index (χ0v) is 18.2. The first-order chi connectivity index (χ1) is 15.0. The number of aryl methyl sites for hydroxylation is 1. The fraction of sp³-hybridized carbons (Fsp3) is 0.273. The average Bonchev–Trinajstić information content (AvgIpc) is 3.38. The van der Waals surface area contributed by atoms with E-state index in [1.807, 2.05) is 54.8 Å². The molecule has 1 aromatic carbocycles. The Morgan fingerprint density at radius 3 is 2.61 bits per heavy atom. The first-order valence-electron chi connectivity index (χ1n) is 10.1. The largest absolute Gasteiger partial charge is 0.368 e. The number of carbonyl (C=O) groups excluding carboxylic acids is 1. The summed E-state index contributed by atoms with van der Waals surface area (Å²) in [4.78, 5) is 23.3. The summed E-state index contributed by atoms with van der Waals surface area (Å²) in [6.45, 7) is 5.61. The van der Waals surface area contributed by atoms with E-state index in [4.69, 9.17) is 17.3 Å². The lowest BCUT2D eigenvalue weighted by Gasteiger charge is -2.19. The maximum absolute atomic E-state index is 12.8. The number of nitrogens with two attached hydrogens (primary N) is 1. The summed E-state index contributed by atoms with van der Waals surface area (Å²) in [5, 5.41) is 4.33. The topological polar surface area (TPSA) is 101 Å². The molecule has 2 aromatic heterocycles. The highest BCUT2D eigenvalue weighted by molar-refractivity contribution is 6.32. The molecule has 0 unspecified atom stereocenters. The van der Waals surface area contributed by atoms with Crippen LogP contribution in [0, 0.1) is 13.8 Å². The number of halogens is 1. The van der Waals surface area contributed by atoms with Crippen LogP contribution in [0.1, 0.15) is 40.2 Å². The summed E-state index contributed by atoms with van der Waals surface area (Å²) >= 11 is 6.30. The third kappa shape index (κ3) is 4.25. The van der Waals surface area contributed by atoms with Crippen molar-refractivity contribution >= 4 is 35.5 Å². The number of hydrogen-bond donors (Lipinski definition) is 2. The molecule has 1 amide bonds. The van der Waals surface area contributed by atoms with Crippen molar-refractivity contribution in [3.05, 3.63) is 64.1 Å². The lowest BCUT2D eigenvalue weighted by Crippen LogP contribution is -2.23. The monoisotopic (exact) mass is 437 g/mol. The van der Waals surface area contributed by atoms with Gasteiger partial charge >= 0.3 is 0 Å².